The molecule has 24 heavy (non-hydrogen) atoms. The monoisotopic (exact) mass is 323 g/mol. The number of ether oxygens (including phenoxy) is 1. The van der Waals surface area contributed by atoms with Crippen LogP contribution in [-0.4, -0.2) is 24.5 Å². The molecule has 3 aromatic rings. The molecule has 0 aliphatic carbocycles. The predicted molar refractivity (Wildman–Crippen MR) is 94.3 cm³/mol. The topological polar surface area (TPSA) is 42.7 Å². The van der Waals surface area contributed by atoms with E-state index in [1.807, 2.05) is 56.3 Å². The molecule has 0 bridgehead atoms. The molecule has 0 saturated heterocycles. The molecule has 1 amide bonds. The zero-order valence-electron chi connectivity index (χ0n) is 14.2. The highest BCUT2D eigenvalue weighted by atomic mass is 16.5. The number of para-hydroxylation sites is 1. The Balaban J connectivity index is 1.78. The average molecular weight is 323 g/mol. The lowest BCUT2D eigenvalue weighted by molar-refractivity contribution is 0.0727. The maximum atomic E-state index is 12.7. The number of fused-ring (bicyclic) bond motifs is 1. The number of amides is 1. The van der Waals surface area contributed by atoms with Gasteiger partial charge in [0.1, 0.15) is 17.1 Å². The summed E-state index contributed by atoms with van der Waals surface area (Å²) < 4.78 is 11.3. The number of carbonyl (C=O) groups excluding carboxylic acids is 1. The van der Waals surface area contributed by atoms with Crippen molar-refractivity contribution in [3.8, 4) is 5.75 Å². The minimum absolute atomic E-state index is 0.0500. The molecular formula is C20H21NO3. The van der Waals surface area contributed by atoms with E-state index in [4.69, 9.17) is 9.15 Å². The molecule has 1 heterocycles. The van der Waals surface area contributed by atoms with Gasteiger partial charge in [0.25, 0.3) is 5.91 Å². The Morgan fingerprint density at radius 2 is 1.88 bits per heavy atom. The molecule has 0 spiro atoms. The molecule has 4 heteroatoms. The summed E-state index contributed by atoms with van der Waals surface area (Å²) in [4.78, 5) is 14.4. The highest BCUT2D eigenvalue weighted by Gasteiger charge is 2.21. The van der Waals surface area contributed by atoms with E-state index in [1.54, 1.807) is 24.1 Å². The third-order valence-electron chi connectivity index (χ3n) is 4.17. The number of hydrogen-bond acceptors (Lipinski definition) is 3. The van der Waals surface area contributed by atoms with Crippen LogP contribution in [0, 0.1) is 0 Å². The Bertz CT molecular complexity index is 802. The molecule has 0 fully saturated rings. The van der Waals surface area contributed by atoms with Gasteiger partial charge in [-0.25, -0.2) is 0 Å². The second kappa shape index (κ2) is 6.79. The number of furan rings is 1. The summed E-state index contributed by atoms with van der Waals surface area (Å²) in [5.74, 6) is 1.49. The first-order valence-electron chi connectivity index (χ1n) is 8.08. The van der Waals surface area contributed by atoms with Crippen molar-refractivity contribution in [2.24, 2.45) is 0 Å². The van der Waals surface area contributed by atoms with E-state index in [0.29, 0.717) is 12.2 Å². The summed E-state index contributed by atoms with van der Waals surface area (Å²) in [5, 5.41) is 1.04. The normalized spacial score (nSPS) is 12.1. The van der Waals surface area contributed by atoms with Crippen molar-refractivity contribution in [3.63, 3.8) is 0 Å². The lowest BCUT2D eigenvalue weighted by Crippen LogP contribution is -2.29. The summed E-state index contributed by atoms with van der Waals surface area (Å²) >= 11 is 0. The first kappa shape index (κ1) is 16.1. The van der Waals surface area contributed by atoms with E-state index in [2.05, 4.69) is 0 Å². The summed E-state index contributed by atoms with van der Waals surface area (Å²) in [6, 6.07) is 16.9. The minimum Gasteiger partial charge on any atom is -0.494 e. The van der Waals surface area contributed by atoms with Crippen LogP contribution in [0.1, 0.15) is 36.0 Å². The molecule has 1 aromatic heterocycles. The zero-order chi connectivity index (χ0) is 17.1. The van der Waals surface area contributed by atoms with Crippen LogP contribution in [0.25, 0.3) is 11.0 Å². The van der Waals surface area contributed by atoms with Gasteiger partial charge in [0.15, 0.2) is 0 Å². The largest absolute Gasteiger partial charge is 0.494 e. The molecule has 124 valence electrons. The molecule has 0 aliphatic heterocycles. The van der Waals surface area contributed by atoms with Crippen LogP contribution in [0.5, 0.6) is 5.75 Å². The molecular weight excluding hydrogens is 302 g/mol. The summed E-state index contributed by atoms with van der Waals surface area (Å²) in [5.41, 5.74) is 1.46. The van der Waals surface area contributed by atoms with Gasteiger partial charge in [-0.1, -0.05) is 18.2 Å². The van der Waals surface area contributed by atoms with E-state index in [1.165, 1.54) is 0 Å². The van der Waals surface area contributed by atoms with Gasteiger partial charge < -0.3 is 14.1 Å². The Labute approximate surface area is 141 Å². The molecule has 3 rings (SSSR count). The number of rotatable bonds is 5. The standard InChI is InChI=1S/C20H21NO3/c1-4-23-17-11-9-15(10-12-17)20(22)21(3)14(2)19-13-16-7-5-6-8-18(16)24-19/h5-14H,4H2,1-3H3. The second-order valence-electron chi connectivity index (χ2n) is 5.74. The van der Waals surface area contributed by atoms with Gasteiger partial charge in [0.05, 0.1) is 12.6 Å². The maximum absolute atomic E-state index is 12.7. The van der Waals surface area contributed by atoms with Crippen molar-refractivity contribution < 1.29 is 13.9 Å². The second-order valence-corrected chi connectivity index (χ2v) is 5.74. The summed E-state index contributed by atoms with van der Waals surface area (Å²) in [7, 11) is 1.79. The van der Waals surface area contributed by atoms with Crippen LogP contribution < -0.4 is 4.74 Å². The lowest BCUT2D eigenvalue weighted by atomic mass is 10.1. The third kappa shape index (κ3) is 3.13. The van der Waals surface area contributed by atoms with Crippen LogP contribution in [0.4, 0.5) is 0 Å². The van der Waals surface area contributed by atoms with Gasteiger partial charge in [0.2, 0.25) is 0 Å². The fourth-order valence-corrected chi connectivity index (χ4v) is 2.64. The lowest BCUT2D eigenvalue weighted by Gasteiger charge is -2.23. The quantitative estimate of drug-likeness (QED) is 0.685. The molecule has 1 unspecified atom stereocenters. The first-order chi connectivity index (χ1) is 11.6. The number of nitrogens with zero attached hydrogens (tertiary/aromatic N) is 1. The van der Waals surface area contributed by atoms with Gasteiger partial charge in [-0.05, 0) is 50.2 Å². The van der Waals surface area contributed by atoms with Gasteiger partial charge in [-0.2, -0.15) is 0 Å². The Morgan fingerprint density at radius 1 is 1.17 bits per heavy atom. The Hall–Kier alpha value is -2.75. The highest BCUT2D eigenvalue weighted by Crippen LogP contribution is 2.27. The third-order valence-corrected chi connectivity index (χ3v) is 4.17. The SMILES string of the molecule is CCOc1ccc(C(=O)N(C)C(C)c2cc3ccccc3o2)cc1. The minimum atomic E-state index is -0.156. The van der Waals surface area contributed by atoms with Crippen LogP contribution >= 0.6 is 0 Å². The van der Waals surface area contributed by atoms with Crippen LogP contribution in [-0.2, 0) is 0 Å². The van der Waals surface area contributed by atoms with E-state index in [9.17, 15) is 4.79 Å². The predicted octanol–water partition coefficient (Wildman–Crippen LogP) is 4.66. The number of benzene rings is 2. The van der Waals surface area contributed by atoms with E-state index in [-0.39, 0.29) is 11.9 Å². The first-order valence-corrected chi connectivity index (χ1v) is 8.08. The van der Waals surface area contributed by atoms with Gasteiger partial charge in [-0.15, -0.1) is 0 Å². The van der Waals surface area contributed by atoms with E-state index < -0.39 is 0 Å². The molecule has 0 radical (unpaired) electrons. The van der Waals surface area contributed by atoms with Crippen molar-refractivity contribution in [1.82, 2.24) is 4.90 Å². The van der Waals surface area contributed by atoms with Gasteiger partial charge >= 0.3 is 0 Å². The van der Waals surface area contributed by atoms with Crippen molar-refractivity contribution in [3.05, 3.63) is 65.9 Å². The fraction of sp³-hybridized carbons (Fsp3) is 0.250. The Kier molecular flexibility index (Phi) is 4.56. The summed E-state index contributed by atoms with van der Waals surface area (Å²) in [6.07, 6.45) is 0. The van der Waals surface area contributed by atoms with Crippen LogP contribution in [0.2, 0.25) is 0 Å². The maximum Gasteiger partial charge on any atom is 0.254 e. The molecule has 4 nitrogen and oxygen atoms in total. The van der Waals surface area contributed by atoms with Crippen molar-refractivity contribution >= 4 is 16.9 Å². The van der Waals surface area contributed by atoms with Crippen LogP contribution in [0.3, 0.4) is 0 Å². The van der Waals surface area contributed by atoms with Crippen molar-refractivity contribution in [1.29, 1.82) is 0 Å². The van der Waals surface area contributed by atoms with Crippen molar-refractivity contribution in [2.75, 3.05) is 13.7 Å². The van der Waals surface area contributed by atoms with Crippen LogP contribution in [0.15, 0.2) is 59.0 Å². The smallest absolute Gasteiger partial charge is 0.254 e. The summed E-state index contributed by atoms with van der Waals surface area (Å²) in [6.45, 7) is 4.50. The molecule has 1 atom stereocenters. The number of carbonyl (C=O) groups is 1. The average Bonchev–Trinajstić information content (AvgIpc) is 3.05. The number of hydrogen-bond donors (Lipinski definition) is 0. The molecule has 0 N–H and O–H groups in total. The molecule has 0 saturated carbocycles. The molecule has 2 aromatic carbocycles. The van der Waals surface area contributed by atoms with Gasteiger partial charge in [-0.3, -0.25) is 4.79 Å². The van der Waals surface area contributed by atoms with E-state index in [0.717, 1.165) is 22.5 Å². The Morgan fingerprint density at radius 3 is 2.54 bits per heavy atom. The van der Waals surface area contributed by atoms with E-state index >= 15 is 0 Å². The van der Waals surface area contributed by atoms with Gasteiger partial charge in [0, 0.05) is 18.0 Å². The van der Waals surface area contributed by atoms with Crippen molar-refractivity contribution in [2.45, 2.75) is 19.9 Å². The highest BCUT2D eigenvalue weighted by molar-refractivity contribution is 5.94. The molecule has 0 aliphatic rings. The zero-order valence-corrected chi connectivity index (χ0v) is 14.2. The fourth-order valence-electron chi connectivity index (χ4n) is 2.64.